The average molecular weight is 361 g/mol. The molecule has 0 atom stereocenters. The SMILES string of the molecule is CC1CCN(Cc2c[nH]c3ncnc(Nc4ccc5occc5c4)c23)CC1. The van der Waals surface area contributed by atoms with Crippen LogP contribution in [-0.4, -0.2) is 32.9 Å². The first-order valence-electron chi connectivity index (χ1n) is 9.54. The predicted molar refractivity (Wildman–Crippen MR) is 107 cm³/mol. The maximum absolute atomic E-state index is 5.43. The zero-order chi connectivity index (χ0) is 18.2. The molecular formula is C21H23N5O. The van der Waals surface area contributed by atoms with Crippen LogP contribution in [0.2, 0.25) is 0 Å². The van der Waals surface area contributed by atoms with Crippen LogP contribution >= 0.6 is 0 Å². The summed E-state index contributed by atoms with van der Waals surface area (Å²) in [6.45, 7) is 5.58. The fourth-order valence-electron chi connectivity index (χ4n) is 3.89. The van der Waals surface area contributed by atoms with Crippen LogP contribution in [0.15, 0.2) is 47.5 Å². The van der Waals surface area contributed by atoms with Gasteiger partial charge in [0.05, 0.1) is 11.6 Å². The Kier molecular flexibility index (Phi) is 4.05. The van der Waals surface area contributed by atoms with Crippen LogP contribution in [0.5, 0.6) is 0 Å². The first-order valence-corrected chi connectivity index (χ1v) is 9.54. The first kappa shape index (κ1) is 16.3. The maximum atomic E-state index is 5.43. The Bertz CT molecular complexity index is 1070. The summed E-state index contributed by atoms with van der Waals surface area (Å²) in [5.41, 5.74) is 3.99. The van der Waals surface area contributed by atoms with Crippen molar-refractivity contribution in [2.45, 2.75) is 26.3 Å². The number of furan rings is 1. The summed E-state index contributed by atoms with van der Waals surface area (Å²) in [6, 6.07) is 8.03. The van der Waals surface area contributed by atoms with Gasteiger partial charge >= 0.3 is 0 Å². The smallest absolute Gasteiger partial charge is 0.143 e. The van der Waals surface area contributed by atoms with Gasteiger partial charge < -0.3 is 14.7 Å². The van der Waals surface area contributed by atoms with Gasteiger partial charge in [0.25, 0.3) is 0 Å². The molecule has 138 valence electrons. The monoisotopic (exact) mass is 361 g/mol. The highest BCUT2D eigenvalue weighted by Gasteiger charge is 2.19. The molecule has 2 N–H and O–H groups in total. The Balaban J connectivity index is 1.45. The van der Waals surface area contributed by atoms with Crippen LogP contribution in [0.25, 0.3) is 22.0 Å². The normalized spacial score (nSPS) is 16.3. The van der Waals surface area contributed by atoms with E-state index in [-0.39, 0.29) is 0 Å². The number of H-pyrrole nitrogens is 1. The van der Waals surface area contributed by atoms with E-state index in [1.54, 1.807) is 12.6 Å². The molecule has 27 heavy (non-hydrogen) atoms. The van der Waals surface area contributed by atoms with Gasteiger partial charge in [-0.05, 0) is 61.7 Å². The summed E-state index contributed by atoms with van der Waals surface area (Å²) in [6.07, 6.45) is 7.93. The molecule has 0 aliphatic carbocycles. The van der Waals surface area contributed by atoms with E-state index in [0.717, 1.165) is 59.1 Å². The quantitative estimate of drug-likeness (QED) is 0.552. The largest absolute Gasteiger partial charge is 0.464 e. The number of aromatic nitrogens is 3. The minimum atomic E-state index is 0.836. The summed E-state index contributed by atoms with van der Waals surface area (Å²) in [5.74, 6) is 1.67. The van der Waals surface area contributed by atoms with Crippen molar-refractivity contribution < 1.29 is 4.42 Å². The van der Waals surface area contributed by atoms with Crippen LogP contribution in [-0.2, 0) is 6.54 Å². The molecule has 0 unspecified atom stereocenters. The number of aromatic amines is 1. The molecule has 6 heteroatoms. The lowest BCUT2D eigenvalue weighted by Gasteiger charge is -2.30. The van der Waals surface area contributed by atoms with Crippen molar-refractivity contribution in [2.24, 2.45) is 5.92 Å². The molecule has 1 aliphatic heterocycles. The van der Waals surface area contributed by atoms with Crippen molar-refractivity contribution in [1.29, 1.82) is 0 Å². The van der Waals surface area contributed by atoms with E-state index in [2.05, 4.69) is 44.4 Å². The minimum absolute atomic E-state index is 0.836. The molecule has 6 nitrogen and oxygen atoms in total. The third kappa shape index (κ3) is 3.17. The van der Waals surface area contributed by atoms with Crippen molar-refractivity contribution in [3.63, 3.8) is 0 Å². The Hall–Kier alpha value is -2.86. The number of anilines is 2. The van der Waals surface area contributed by atoms with E-state index in [0.29, 0.717) is 0 Å². The lowest BCUT2D eigenvalue weighted by molar-refractivity contribution is 0.186. The maximum Gasteiger partial charge on any atom is 0.143 e. The number of nitrogens with one attached hydrogen (secondary N) is 2. The number of piperidine rings is 1. The third-order valence-corrected chi connectivity index (χ3v) is 5.54. The molecule has 4 aromatic rings. The molecule has 0 saturated carbocycles. The van der Waals surface area contributed by atoms with Gasteiger partial charge in [-0.15, -0.1) is 0 Å². The molecule has 0 spiro atoms. The molecule has 1 fully saturated rings. The fourth-order valence-corrected chi connectivity index (χ4v) is 3.89. The Labute approximate surface area is 157 Å². The summed E-state index contributed by atoms with van der Waals surface area (Å²) >= 11 is 0. The van der Waals surface area contributed by atoms with Crippen LogP contribution in [0, 0.1) is 5.92 Å². The van der Waals surface area contributed by atoms with Gasteiger partial charge in [0.15, 0.2) is 0 Å². The first-order chi connectivity index (χ1) is 13.3. The zero-order valence-electron chi connectivity index (χ0n) is 15.4. The molecule has 3 aromatic heterocycles. The topological polar surface area (TPSA) is 70.0 Å². The second kappa shape index (κ2) is 6.70. The minimum Gasteiger partial charge on any atom is -0.464 e. The van der Waals surface area contributed by atoms with Crippen LogP contribution in [0.1, 0.15) is 25.3 Å². The van der Waals surface area contributed by atoms with Crippen molar-refractivity contribution in [3.8, 4) is 0 Å². The number of benzene rings is 1. The lowest BCUT2D eigenvalue weighted by atomic mass is 9.99. The summed E-state index contributed by atoms with van der Waals surface area (Å²) in [4.78, 5) is 14.8. The van der Waals surface area contributed by atoms with E-state index < -0.39 is 0 Å². The van der Waals surface area contributed by atoms with Gasteiger partial charge in [-0.25, -0.2) is 9.97 Å². The second-order valence-electron chi connectivity index (χ2n) is 7.52. The van der Waals surface area contributed by atoms with E-state index in [4.69, 9.17) is 4.42 Å². The van der Waals surface area contributed by atoms with Crippen molar-refractivity contribution in [3.05, 3.63) is 48.6 Å². The van der Waals surface area contributed by atoms with Gasteiger partial charge in [-0.2, -0.15) is 0 Å². The number of hydrogen-bond donors (Lipinski definition) is 2. The van der Waals surface area contributed by atoms with Crippen LogP contribution in [0.3, 0.4) is 0 Å². The fraction of sp³-hybridized carbons (Fsp3) is 0.333. The lowest BCUT2D eigenvalue weighted by Crippen LogP contribution is -2.32. The summed E-state index contributed by atoms with van der Waals surface area (Å²) < 4.78 is 5.43. The zero-order valence-corrected chi connectivity index (χ0v) is 15.4. The molecule has 1 aliphatic rings. The molecular weight excluding hydrogens is 338 g/mol. The molecule has 0 amide bonds. The van der Waals surface area contributed by atoms with E-state index >= 15 is 0 Å². The highest BCUT2D eigenvalue weighted by Crippen LogP contribution is 2.29. The second-order valence-corrected chi connectivity index (χ2v) is 7.52. The number of rotatable bonds is 4. The summed E-state index contributed by atoms with van der Waals surface area (Å²) in [5, 5.41) is 5.61. The molecule has 1 saturated heterocycles. The average Bonchev–Trinajstić information content (AvgIpc) is 3.31. The number of nitrogens with zero attached hydrogens (tertiary/aromatic N) is 3. The number of fused-ring (bicyclic) bond motifs is 2. The Morgan fingerprint density at radius 2 is 2.11 bits per heavy atom. The van der Waals surface area contributed by atoms with Crippen molar-refractivity contribution in [1.82, 2.24) is 19.9 Å². The molecule has 0 bridgehead atoms. The molecule has 0 radical (unpaired) electrons. The third-order valence-electron chi connectivity index (χ3n) is 5.54. The van der Waals surface area contributed by atoms with Crippen LogP contribution in [0.4, 0.5) is 11.5 Å². The van der Waals surface area contributed by atoms with Gasteiger partial charge in [-0.1, -0.05) is 6.92 Å². The van der Waals surface area contributed by atoms with Crippen molar-refractivity contribution >= 4 is 33.5 Å². The highest BCUT2D eigenvalue weighted by atomic mass is 16.3. The van der Waals surface area contributed by atoms with Gasteiger partial charge in [0, 0.05) is 23.8 Å². The standard InChI is InChI=1S/C21H23N5O/c1-14-4-7-26(8-5-14)12-16-11-22-20-19(16)21(24-13-23-20)25-17-2-3-18-15(10-17)6-9-27-18/h2-3,6,9-11,13-14H,4-5,7-8,12H2,1H3,(H2,22,23,24,25). The predicted octanol–water partition coefficient (Wildman–Crippen LogP) is 4.68. The Morgan fingerprint density at radius 1 is 1.22 bits per heavy atom. The summed E-state index contributed by atoms with van der Waals surface area (Å²) in [7, 11) is 0. The van der Waals surface area contributed by atoms with Crippen molar-refractivity contribution in [2.75, 3.05) is 18.4 Å². The Morgan fingerprint density at radius 3 is 3.00 bits per heavy atom. The number of hydrogen-bond acceptors (Lipinski definition) is 5. The van der Waals surface area contributed by atoms with E-state index in [9.17, 15) is 0 Å². The van der Waals surface area contributed by atoms with Gasteiger partial charge in [0.1, 0.15) is 23.4 Å². The van der Waals surface area contributed by atoms with Gasteiger partial charge in [0.2, 0.25) is 0 Å². The van der Waals surface area contributed by atoms with E-state index in [1.165, 1.54) is 18.4 Å². The molecule has 5 rings (SSSR count). The van der Waals surface area contributed by atoms with Crippen LogP contribution < -0.4 is 5.32 Å². The molecule has 1 aromatic carbocycles. The van der Waals surface area contributed by atoms with E-state index in [1.807, 2.05) is 18.2 Å². The number of likely N-dealkylation sites (tertiary alicyclic amines) is 1. The van der Waals surface area contributed by atoms with Gasteiger partial charge in [-0.3, -0.25) is 4.90 Å². The highest BCUT2D eigenvalue weighted by molar-refractivity contribution is 5.93. The molecule has 4 heterocycles.